The standard InChI is InChI=1S/C14H30N2/c1-11(2)14(12(3)4)10-16-9-13-6-5-7-15-8-13/h11-16H,5-10H2,1-4H3. The Kier molecular flexibility index (Phi) is 6.37. The van der Waals surface area contributed by atoms with Crippen molar-refractivity contribution in [2.45, 2.75) is 40.5 Å². The molecule has 1 saturated heterocycles. The van der Waals surface area contributed by atoms with E-state index in [-0.39, 0.29) is 0 Å². The van der Waals surface area contributed by atoms with Gasteiger partial charge in [0, 0.05) is 0 Å². The summed E-state index contributed by atoms with van der Waals surface area (Å²) in [5.74, 6) is 3.25. The van der Waals surface area contributed by atoms with E-state index in [1.807, 2.05) is 0 Å². The van der Waals surface area contributed by atoms with E-state index in [0.29, 0.717) is 0 Å². The van der Waals surface area contributed by atoms with Crippen molar-refractivity contribution in [2.24, 2.45) is 23.7 Å². The van der Waals surface area contributed by atoms with Crippen molar-refractivity contribution in [3.05, 3.63) is 0 Å². The van der Waals surface area contributed by atoms with Gasteiger partial charge in [-0.25, -0.2) is 0 Å². The van der Waals surface area contributed by atoms with Crippen LogP contribution in [0.15, 0.2) is 0 Å². The van der Waals surface area contributed by atoms with Gasteiger partial charge in [-0.2, -0.15) is 0 Å². The highest BCUT2D eigenvalue weighted by Gasteiger charge is 2.18. The van der Waals surface area contributed by atoms with Crippen LogP contribution in [0.1, 0.15) is 40.5 Å². The molecular weight excluding hydrogens is 196 g/mol. The van der Waals surface area contributed by atoms with Gasteiger partial charge < -0.3 is 10.6 Å². The Balaban J connectivity index is 2.16. The third-order valence-corrected chi connectivity index (χ3v) is 3.92. The summed E-state index contributed by atoms with van der Waals surface area (Å²) in [7, 11) is 0. The second kappa shape index (κ2) is 7.29. The summed E-state index contributed by atoms with van der Waals surface area (Å²) in [5, 5.41) is 7.16. The lowest BCUT2D eigenvalue weighted by Crippen LogP contribution is -2.38. The second-order valence-electron chi connectivity index (χ2n) is 6.02. The maximum absolute atomic E-state index is 3.68. The molecule has 0 saturated carbocycles. The average molecular weight is 226 g/mol. The number of rotatable bonds is 6. The first-order chi connectivity index (χ1) is 7.61. The minimum absolute atomic E-state index is 0.789. The van der Waals surface area contributed by atoms with E-state index in [4.69, 9.17) is 0 Å². The molecule has 1 aliphatic rings. The van der Waals surface area contributed by atoms with E-state index in [2.05, 4.69) is 38.3 Å². The summed E-state index contributed by atoms with van der Waals surface area (Å²) in [6, 6.07) is 0. The molecule has 16 heavy (non-hydrogen) atoms. The summed E-state index contributed by atoms with van der Waals surface area (Å²) in [6.07, 6.45) is 2.75. The van der Waals surface area contributed by atoms with E-state index in [9.17, 15) is 0 Å². The molecule has 1 atom stereocenters. The number of nitrogens with one attached hydrogen (secondary N) is 2. The Morgan fingerprint density at radius 1 is 1.19 bits per heavy atom. The maximum Gasteiger partial charge on any atom is -0.000825 e. The lowest BCUT2D eigenvalue weighted by Gasteiger charge is -2.28. The van der Waals surface area contributed by atoms with Gasteiger partial charge >= 0.3 is 0 Å². The van der Waals surface area contributed by atoms with Crippen LogP contribution in [0.3, 0.4) is 0 Å². The van der Waals surface area contributed by atoms with Gasteiger partial charge in [0.1, 0.15) is 0 Å². The quantitative estimate of drug-likeness (QED) is 0.727. The van der Waals surface area contributed by atoms with Crippen molar-refractivity contribution >= 4 is 0 Å². The summed E-state index contributed by atoms with van der Waals surface area (Å²) < 4.78 is 0. The third-order valence-electron chi connectivity index (χ3n) is 3.92. The van der Waals surface area contributed by atoms with Crippen LogP contribution in [-0.4, -0.2) is 26.2 Å². The van der Waals surface area contributed by atoms with E-state index in [1.165, 1.54) is 39.0 Å². The van der Waals surface area contributed by atoms with Crippen LogP contribution in [0.4, 0.5) is 0 Å². The van der Waals surface area contributed by atoms with Crippen LogP contribution in [0, 0.1) is 23.7 Å². The van der Waals surface area contributed by atoms with Crippen molar-refractivity contribution in [1.82, 2.24) is 10.6 Å². The van der Waals surface area contributed by atoms with Gasteiger partial charge in [-0.3, -0.25) is 0 Å². The average Bonchev–Trinajstić information content (AvgIpc) is 2.24. The topological polar surface area (TPSA) is 24.1 Å². The van der Waals surface area contributed by atoms with E-state index in [0.717, 1.165) is 23.7 Å². The molecule has 0 amide bonds. The zero-order chi connectivity index (χ0) is 12.0. The van der Waals surface area contributed by atoms with Crippen LogP contribution in [0.2, 0.25) is 0 Å². The van der Waals surface area contributed by atoms with Gasteiger partial charge in [0.15, 0.2) is 0 Å². The molecule has 0 aromatic rings. The summed E-state index contributed by atoms with van der Waals surface area (Å²) in [4.78, 5) is 0. The molecule has 1 fully saturated rings. The SMILES string of the molecule is CC(C)C(CNCC1CCCNC1)C(C)C. The molecule has 1 rings (SSSR count). The van der Waals surface area contributed by atoms with Crippen LogP contribution in [0.25, 0.3) is 0 Å². The highest BCUT2D eigenvalue weighted by atomic mass is 14.9. The molecule has 0 aromatic heterocycles. The molecule has 0 spiro atoms. The van der Waals surface area contributed by atoms with Crippen LogP contribution in [0.5, 0.6) is 0 Å². The molecule has 1 heterocycles. The highest BCUT2D eigenvalue weighted by Crippen LogP contribution is 2.19. The monoisotopic (exact) mass is 226 g/mol. The molecule has 1 unspecified atom stereocenters. The van der Waals surface area contributed by atoms with Gasteiger partial charge in [-0.05, 0) is 62.7 Å². The van der Waals surface area contributed by atoms with Crippen molar-refractivity contribution in [3.8, 4) is 0 Å². The number of hydrogen-bond acceptors (Lipinski definition) is 2. The smallest absolute Gasteiger partial charge is 0.000825 e. The lowest BCUT2D eigenvalue weighted by molar-refractivity contribution is 0.263. The first-order valence-electron chi connectivity index (χ1n) is 7.02. The molecule has 2 heteroatoms. The maximum atomic E-state index is 3.68. The van der Waals surface area contributed by atoms with Crippen LogP contribution >= 0.6 is 0 Å². The molecule has 2 nitrogen and oxygen atoms in total. The second-order valence-corrected chi connectivity index (χ2v) is 6.02. The normalized spacial score (nSPS) is 22.3. The summed E-state index contributed by atoms with van der Waals surface area (Å²) in [6.45, 7) is 14.2. The largest absolute Gasteiger partial charge is 0.316 e. The zero-order valence-electron chi connectivity index (χ0n) is 11.6. The Morgan fingerprint density at radius 3 is 2.38 bits per heavy atom. The van der Waals surface area contributed by atoms with Gasteiger partial charge in [0.25, 0.3) is 0 Å². The van der Waals surface area contributed by atoms with Crippen molar-refractivity contribution < 1.29 is 0 Å². The molecule has 1 aliphatic heterocycles. The van der Waals surface area contributed by atoms with Crippen LogP contribution in [-0.2, 0) is 0 Å². The van der Waals surface area contributed by atoms with Crippen molar-refractivity contribution in [3.63, 3.8) is 0 Å². The molecule has 96 valence electrons. The highest BCUT2D eigenvalue weighted by molar-refractivity contribution is 4.74. The minimum Gasteiger partial charge on any atom is -0.316 e. The first kappa shape index (κ1) is 14.0. The fourth-order valence-electron chi connectivity index (χ4n) is 2.79. The summed E-state index contributed by atoms with van der Waals surface area (Å²) >= 11 is 0. The van der Waals surface area contributed by atoms with Crippen molar-refractivity contribution in [1.29, 1.82) is 0 Å². The molecule has 0 bridgehead atoms. The van der Waals surface area contributed by atoms with E-state index < -0.39 is 0 Å². The zero-order valence-corrected chi connectivity index (χ0v) is 11.6. The Hall–Kier alpha value is -0.0800. The molecule has 0 aliphatic carbocycles. The van der Waals surface area contributed by atoms with Crippen LogP contribution < -0.4 is 10.6 Å². The Bertz CT molecular complexity index is 164. The molecule has 2 N–H and O–H groups in total. The Morgan fingerprint density at radius 2 is 1.88 bits per heavy atom. The fraction of sp³-hybridized carbons (Fsp3) is 1.00. The minimum atomic E-state index is 0.789. The van der Waals surface area contributed by atoms with Gasteiger partial charge in [0.05, 0.1) is 0 Å². The number of hydrogen-bond donors (Lipinski definition) is 2. The fourth-order valence-corrected chi connectivity index (χ4v) is 2.79. The Labute approximate surface area is 102 Å². The molecule has 0 radical (unpaired) electrons. The lowest BCUT2D eigenvalue weighted by atomic mass is 9.85. The van der Waals surface area contributed by atoms with Gasteiger partial charge in [0.2, 0.25) is 0 Å². The molecular formula is C14H30N2. The van der Waals surface area contributed by atoms with Gasteiger partial charge in [-0.15, -0.1) is 0 Å². The van der Waals surface area contributed by atoms with E-state index >= 15 is 0 Å². The predicted octanol–water partition coefficient (Wildman–Crippen LogP) is 2.50. The number of piperidine rings is 1. The summed E-state index contributed by atoms with van der Waals surface area (Å²) in [5.41, 5.74) is 0. The van der Waals surface area contributed by atoms with E-state index in [1.54, 1.807) is 0 Å². The van der Waals surface area contributed by atoms with Gasteiger partial charge in [-0.1, -0.05) is 27.7 Å². The molecule has 0 aromatic carbocycles. The predicted molar refractivity (Wildman–Crippen MR) is 71.6 cm³/mol. The van der Waals surface area contributed by atoms with Crippen molar-refractivity contribution in [2.75, 3.05) is 26.2 Å². The third kappa shape index (κ3) is 4.84. The first-order valence-corrected chi connectivity index (χ1v) is 7.02.